The zero-order valence-corrected chi connectivity index (χ0v) is 10.6. The van der Waals surface area contributed by atoms with Crippen LogP contribution in [0.5, 0.6) is 0 Å². The molecule has 2 N–H and O–H groups in total. The standard InChI is InChI=1S/C15H24N2/c16-15-5-13-8-17(9-14(13)6-15)7-12-4-10-1-2-11(12)3-10/h1-2,10-15H,3-9,16H2/t10?,11?,12?,13-,14?,15+/m0/s1. The average molecular weight is 232 g/mol. The Kier molecular flexibility index (Phi) is 2.38. The molecule has 0 aromatic heterocycles. The number of hydrogen-bond acceptors (Lipinski definition) is 2. The minimum absolute atomic E-state index is 0.512. The molecule has 3 aliphatic carbocycles. The molecule has 6 atom stereocenters. The zero-order valence-electron chi connectivity index (χ0n) is 10.6. The largest absolute Gasteiger partial charge is 0.328 e. The third-order valence-electron chi connectivity index (χ3n) is 5.77. The number of fused-ring (bicyclic) bond motifs is 3. The van der Waals surface area contributed by atoms with Gasteiger partial charge in [-0.25, -0.2) is 0 Å². The topological polar surface area (TPSA) is 29.3 Å². The summed E-state index contributed by atoms with van der Waals surface area (Å²) in [4.78, 5) is 2.75. The second kappa shape index (κ2) is 3.83. The highest BCUT2D eigenvalue weighted by molar-refractivity contribution is 5.10. The third-order valence-corrected chi connectivity index (χ3v) is 5.77. The van der Waals surface area contributed by atoms with E-state index in [4.69, 9.17) is 5.73 Å². The predicted octanol–water partition coefficient (Wildman–Crippen LogP) is 1.87. The average Bonchev–Trinajstić information content (AvgIpc) is 2.97. The number of likely N-dealkylation sites (tertiary alicyclic amines) is 1. The number of rotatable bonds is 2. The van der Waals surface area contributed by atoms with Gasteiger partial charge in [0.2, 0.25) is 0 Å². The van der Waals surface area contributed by atoms with Crippen molar-refractivity contribution in [1.29, 1.82) is 0 Å². The SMILES string of the molecule is N[C@H]1CC2CN(CC3CC4C=CC3C4)C[C@@H]2C1. The summed E-state index contributed by atoms with van der Waals surface area (Å²) in [6.45, 7) is 4.06. The van der Waals surface area contributed by atoms with Crippen molar-refractivity contribution in [3.05, 3.63) is 12.2 Å². The van der Waals surface area contributed by atoms with Crippen LogP contribution in [0.1, 0.15) is 25.7 Å². The molecule has 17 heavy (non-hydrogen) atoms. The second-order valence-electron chi connectivity index (χ2n) is 7.01. The summed E-state index contributed by atoms with van der Waals surface area (Å²) >= 11 is 0. The molecule has 3 fully saturated rings. The van der Waals surface area contributed by atoms with Crippen molar-refractivity contribution in [2.24, 2.45) is 35.3 Å². The van der Waals surface area contributed by atoms with Gasteiger partial charge >= 0.3 is 0 Å². The highest BCUT2D eigenvalue weighted by atomic mass is 15.2. The van der Waals surface area contributed by atoms with Crippen molar-refractivity contribution in [2.75, 3.05) is 19.6 Å². The number of nitrogens with two attached hydrogens (primary N) is 1. The summed E-state index contributed by atoms with van der Waals surface area (Å²) in [5.74, 6) is 4.68. The molecule has 1 aliphatic heterocycles. The fourth-order valence-electron chi connectivity index (χ4n) is 5.03. The van der Waals surface area contributed by atoms with Gasteiger partial charge in [-0.15, -0.1) is 0 Å². The van der Waals surface area contributed by atoms with Crippen LogP contribution in [0.25, 0.3) is 0 Å². The maximum atomic E-state index is 6.06. The molecule has 0 aromatic rings. The van der Waals surface area contributed by atoms with Gasteiger partial charge in [0.05, 0.1) is 0 Å². The molecule has 2 heteroatoms. The molecule has 4 unspecified atom stereocenters. The van der Waals surface area contributed by atoms with E-state index in [9.17, 15) is 0 Å². The molecule has 1 saturated heterocycles. The van der Waals surface area contributed by atoms with Gasteiger partial charge in [0.15, 0.2) is 0 Å². The monoisotopic (exact) mass is 232 g/mol. The predicted molar refractivity (Wildman–Crippen MR) is 69.5 cm³/mol. The van der Waals surface area contributed by atoms with E-state index in [1.807, 2.05) is 0 Å². The maximum absolute atomic E-state index is 6.06. The van der Waals surface area contributed by atoms with Crippen molar-refractivity contribution in [1.82, 2.24) is 4.90 Å². The Balaban J connectivity index is 1.35. The van der Waals surface area contributed by atoms with Gasteiger partial charge in [-0.05, 0) is 55.3 Å². The first kappa shape index (κ1) is 10.6. The van der Waals surface area contributed by atoms with Crippen LogP contribution in [0.2, 0.25) is 0 Å². The highest BCUT2D eigenvalue weighted by Crippen LogP contribution is 2.45. The Morgan fingerprint density at radius 3 is 2.35 bits per heavy atom. The van der Waals surface area contributed by atoms with Gasteiger partial charge in [0, 0.05) is 25.7 Å². The fraction of sp³-hybridized carbons (Fsp3) is 0.867. The number of allylic oxidation sites excluding steroid dienone is 2. The zero-order chi connectivity index (χ0) is 11.4. The smallest absolute Gasteiger partial charge is 0.00452 e. The van der Waals surface area contributed by atoms with Crippen molar-refractivity contribution in [3.8, 4) is 0 Å². The van der Waals surface area contributed by atoms with Gasteiger partial charge in [-0.1, -0.05) is 12.2 Å². The molecule has 0 radical (unpaired) electrons. The van der Waals surface area contributed by atoms with Gasteiger partial charge in [0.1, 0.15) is 0 Å². The molecule has 0 spiro atoms. The van der Waals surface area contributed by atoms with Crippen LogP contribution in [0.3, 0.4) is 0 Å². The Morgan fingerprint density at radius 1 is 1.00 bits per heavy atom. The Bertz CT molecular complexity index is 324. The maximum Gasteiger partial charge on any atom is 0.00452 e. The lowest BCUT2D eigenvalue weighted by Gasteiger charge is -2.25. The first-order chi connectivity index (χ1) is 8.28. The molecule has 2 nitrogen and oxygen atoms in total. The van der Waals surface area contributed by atoms with E-state index in [2.05, 4.69) is 17.1 Å². The van der Waals surface area contributed by atoms with Crippen LogP contribution in [-0.2, 0) is 0 Å². The summed E-state index contributed by atoms with van der Waals surface area (Å²) in [5, 5.41) is 0. The summed E-state index contributed by atoms with van der Waals surface area (Å²) in [6.07, 6.45) is 10.4. The van der Waals surface area contributed by atoms with Crippen molar-refractivity contribution < 1.29 is 0 Å². The minimum Gasteiger partial charge on any atom is -0.328 e. The molecular formula is C15H24N2. The van der Waals surface area contributed by atoms with Gasteiger partial charge in [-0.3, -0.25) is 0 Å². The van der Waals surface area contributed by atoms with Crippen molar-refractivity contribution in [3.63, 3.8) is 0 Å². The van der Waals surface area contributed by atoms with Crippen LogP contribution in [-0.4, -0.2) is 30.6 Å². The Hall–Kier alpha value is -0.340. The molecular weight excluding hydrogens is 208 g/mol. The van der Waals surface area contributed by atoms with E-state index < -0.39 is 0 Å². The van der Waals surface area contributed by atoms with Gasteiger partial charge in [0.25, 0.3) is 0 Å². The van der Waals surface area contributed by atoms with E-state index in [0.717, 1.165) is 29.6 Å². The van der Waals surface area contributed by atoms with E-state index in [1.54, 1.807) is 0 Å². The van der Waals surface area contributed by atoms with Crippen molar-refractivity contribution in [2.45, 2.75) is 31.7 Å². The van der Waals surface area contributed by atoms with E-state index in [-0.39, 0.29) is 0 Å². The molecule has 0 aromatic carbocycles. The summed E-state index contributed by atoms with van der Waals surface area (Å²) in [6, 6.07) is 0.512. The molecule has 4 aliphatic rings. The fourth-order valence-corrected chi connectivity index (χ4v) is 5.03. The molecule has 4 rings (SSSR count). The van der Waals surface area contributed by atoms with Crippen LogP contribution in [0.4, 0.5) is 0 Å². The van der Waals surface area contributed by atoms with E-state index >= 15 is 0 Å². The van der Waals surface area contributed by atoms with Crippen LogP contribution >= 0.6 is 0 Å². The van der Waals surface area contributed by atoms with Crippen LogP contribution < -0.4 is 5.73 Å². The Morgan fingerprint density at radius 2 is 1.76 bits per heavy atom. The molecule has 1 heterocycles. The number of hydrogen-bond donors (Lipinski definition) is 1. The first-order valence-electron chi connectivity index (χ1n) is 7.44. The summed E-state index contributed by atoms with van der Waals surface area (Å²) in [5.41, 5.74) is 6.06. The van der Waals surface area contributed by atoms with Crippen LogP contribution in [0, 0.1) is 29.6 Å². The summed E-state index contributed by atoms with van der Waals surface area (Å²) in [7, 11) is 0. The second-order valence-corrected chi connectivity index (χ2v) is 7.01. The first-order valence-corrected chi connectivity index (χ1v) is 7.44. The lowest BCUT2D eigenvalue weighted by molar-refractivity contribution is 0.238. The third kappa shape index (κ3) is 1.77. The minimum atomic E-state index is 0.512. The lowest BCUT2D eigenvalue weighted by Crippen LogP contribution is -2.31. The highest BCUT2D eigenvalue weighted by Gasteiger charge is 2.42. The Labute approximate surface area is 104 Å². The molecule has 94 valence electrons. The summed E-state index contributed by atoms with van der Waals surface area (Å²) < 4.78 is 0. The molecule has 2 saturated carbocycles. The molecule has 2 bridgehead atoms. The van der Waals surface area contributed by atoms with E-state index in [1.165, 1.54) is 45.3 Å². The van der Waals surface area contributed by atoms with Gasteiger partial charge < -0.3 is 10.6 Å². The number of nitrogens with zero attached hydrogens (tertiary/aromatic N) is 1. The normalized spacial score (nSPS) is 52.5. The molecule has 0 amide bonds. The quantitative estimate of drug-likeness (QED) is 0.736. The lowest BCUT2D eigenvalue weighted by atomic mass is 9.93. The van der Waals surface area contributed by atoms with E-state index in [0.29, 0.717) is 6.04 Å². The van der Waals surface area contributed by atoms with Gasteiger partial charge in [-0.2, -0.15) is 0 Å². The van der Waals surface area contributed by atoms with Crippen LogP contribution in [0.15, 0.2) is 12.2 Å². The van der Waals surface area contributed by atoms with Crippen molar-refractivity contribution >= 4 is 0 Å².